The second-order valence-corrected chi connectivity index (χ2v) is 4.99. The Balaban J connectivity index is 2.66. The fraction of sp³-hybridized carbons (Fsp3) is 0.462. The first-order chi connectivity index (χ1) is 8.56. The average Bonchev–Trinajstić information content (AvgIpc) is 2.34. The van der Waals surface area contributed by atoms with Gasteiger partial charge in [0.15, 0.2) is 0 Å². The minimum atomic E-state index is -0.0741. The predicted octanol–water partition coefficient (Wildman–Crippen LogP) is 2.64. The third kappa shape index (κ3) is 4.66. The summed E-state index contributed by atoms with van der Waals surface area (Å²) in [5, 5.41) is 6.03. The third-order valence-corrected chi connectivity index (χ3v) is 2.98. The number of ether oxygens (including phenoxy) is 1. The second-order valence-electron chi connectivity index (χ2n) is 4.08. The zero-order chi connectivity index (χ0) is 13.5. The summed E-state index contributed by atoms with van der Waals surface area (Å²) in [5.74, 6) is 0.630. The summed E-state index contributed by atoms with van der Waals surface area (Å²) in [6.45, 7) is 5.45. The van der Waals surface area contributed by atoms with Gasteiger partial charge >= 0.3 is 0 Å². The Morgan fingerprint density at radius 3 is 2.78 bits per heavy atom. The fourth-order valence-electron chi connectivity index (χ4n) is 1.47. The van der Waals surface area contributed by atoms with Crippen molar-refractivity contribution >= 4 is 27.5 Å². The molecule has 1 unspecified atom stereocenters. The van der Waals surface area contributed by atoms with Crippen LogP contribution in [0, 0.1) is 5.92 Å². The van der Waals surface area contributed by atoms with E-state index < -0.39 is 0 Å². The molecule has 0 aliphatic rings. The predicted molar refractivity (Wildman–Crippen MR) is 77.0 cm³/mol. The van der Waals surface area contributed by atoms with E-state index >= 15 is 0 Å². The molecular formula is C13H19BrN2O2. The van der Waals surface area contributed by atoms with Crippen molar-refractivity contribution in [2.45, 2.75) is 13.8 Å². The molecule has 0 radical (unpaired) electrons. The lowest BCUT2D eigenvalue weighted by atomic mass is 10.1. The Kier molecular flexibility index (Phi) is 6.15. The van der Waals surface area contributed by atoms with Crippen molar-refractivity contribution in [2.75, 3.05) is 25.5 Å². The van der Waals surface area contributed by atoms with Crippen molar-refractivity contribution in [1.82, 2.24) is 5.32 Å². The highest BCUT2D eigenvalue weighted by molar-refractivity contribution is 9.10. The Hall–Kier alpha value is -1.07. The second kappa shape index (κ2) is 7.38. The molecule has 0 saturated carbocycles. The van der Waals surface area contributed by atoms with Crippen molar-refractivity contribution in [3.05, 3.63) is 22.7 Å². The largest absolute Gasteiger partial charge is 0.497 e. The number of amides is 1. The van der Waals surface area contributed by atoms with Gasteiger partial charge in [0, 0.05) is 28.7 Å². The SMILES string of the molecule is CCNCC(C)C(=O)Nc1cc(Br)cc(OC)c1. The molecule has 1 rings (SSSR count). The van der Waals surface area contributed by atoms with Gasteiger partial charge in [-0.1, -0.05) is 29.8 Å². The number of methoxy groups -OCH3 is 1. The van der Waals surface area contributed by atoms with E-state index in [1.54, 1.807) is 13.2 Å². The van der Waals surface area contributed by atoms with Crippen LogP contribution >= 0.6 is 15.9 Å². The van der Waals surface area contributed by atoms with Gasteiger partial charge in [-0.05, 0) is 18.7 Å². The number of anilines is 1. The molecule has 0 bridgehead atoms. The van der Waals surface area contributed by atoms with E-state index in [2.05, 4.69) is 26.6 Å². The van der Waals surface area contributed by atoms with Crippen LogP contribution in [0.2, 0.25) is 0 Å². The van der Waals surface area contributed by atoms with Gasteiger partial charge in [0.1, 0.15) is 5.75 Å². The number of benzene rings is 1. The number of nitrogens with one attached hydrogen (secondary N) is 2. The fourth-order valence-corrected chi connectivity index (χ4v) is 1.94. The molecule has 0 spiro atoms. The van der Waals surface area contributed by atoms with Crippen LogP contribution in [0.3, 0.4) is 0 Å². The first-order valence-electron chi connectivity index (χ1n) is 5.93. The van der Waals surface area contributed by atoms with Crippen LogP contribution in [0.5, 0.6) is 5.75 Å². The first kappa shape index (κ1) is 15.0. The van der Waals surface area contributed by atoms with Gasteiger partial charge in [-0.25, -0.2) is 0 Å². The molecule has 1 aromatic rings. The minimum Gasteiger partial charge on any atom is -0.497 e. The molecule has 2 N–H and O–H groups in total. The lowest BCUT2D eigenvalue weighted by molar-refractivity contribution is -0.119. The van der Waals surface area contributed by atoms with Crippen LogP contribution in [0.4, 0.5) is 5.69 Å². The summed E-state index contributed by atoms with van der Waals surface area (Å²) in [5.41, 5.74) is 0.731. The Morgan fingerprint density at radius 2 is 2.17 bits per heavy atom. The van der Waals surface area contributed by atoms with Gasteiger partial charge in [-0.2, -0.15) is 0 Å². The quantitative estimate of drug-likeness (QED) is 0.848. The maximum atomic E-state index is 11.9. The highest BCUT2D eigenvalue weighted by atomic mass is 79.9. The average molecular weight is 315 g/mol. The standard InChI is InChI=1S/C13H19BrN2O2/c1-4-15-8-9(2)13(17)16-11-5-10(14)6-12(7-11)18-3/h5-7,9,15H,4,8H2,1-3H3,(H,16,17). The van der Waals surface area contributed by atoms with Crippen molar-refractivity contribution in [1.29, 1.82) is 0 Å². The van der Waals surface area contributed by atoms with Gasteiger partial charge in [0.2, 0.25) is 5.91 Å². The molecule has 4 nitrogen and oxygen atoms in total. The molecule has 1 amide bonds. The summed E-state index contributed by atoms with van der Waals surface area (Å²) in [6.07, 6.45) is 0. The van der Waals surface area contributed by atoms with Crippen LogP contribution in [-0.2, 0) is 4.79 Å². The van der Waals surface area contributed by atoms with E-state index in [0.29, 0.717) is 12.3 Å². The van der Waals surface area contributed by atoms with Crippen LogP contribution in [0.25, 0.3) is 0 Å². The van der Waals surface area contributed by atoms with Gasteiger partial charge < -0.3 is 15.4 Å². The Bertz CT molecular complexity index is 410. The molecule has 100 valence electrons. The van der Waals surface area contributed by atoms with Crippen molar-refractivity contribution in [3.8, 4) is 5.75 Å². The smallest absolute Gasteiger partial charge is 0.228 e. The lowest BCUT2D eigenvalue weighted by Gasteiger charge is -2.13. The van der Waals surface area contributed by atoms with Crippen molar-refractivity contribution in [3.63, 3.8) is 0 Å². The van der Waals surface area contributed by atoms with E-state index in [0.717, 1.165) is 16.7 Å². The molecule has 0 fully saturated rings. The highest BCUT2D eigenvalue weighted by Crippen LogP contribution is 2.24. The number of halogens is 1. The molecule has 18 heavy (non-hydrogen) atoms. The zero-order valence-electron chi connectivity index (χ0n) is 10.9. The maximum Gasteiger partial charge on any atom is 0.228 e. The summed E-state index contributed by atoms with van der Waals surface area (Å²) >= 11 is 3.38. The molecular weight excluding hydrogens is 296 g/mol. The van der Waals surface area contributed by atoms with Gasteiger partial charge in [-0.15, -0.1) is 0 Å². The summed E-state index contributed by atoms with van der Waals surface area (Å²) in [7, 11) is 1.60. The molecule has 0 aliphatic carbocycles. The molecule has 1 atom stereocenters. The monoisotopic (exact) mass is 314 g/mol. The topological polar surface area (TPSA) is 50.4 Å². The summed E-state index contributed by atoms with van der Waals surface area (Å²) in [6, 6.07) is 5.49. The van der Waals surface area contributed by atoms with E-state index in [9.17, 15) is 4.79 Å². The van der Waals surface area contributed by atoms with E-state index in [1.807, 2.05) is 26.0 Å². The van der Waals surface area contributed by atoms with Crippen molar-refractivity contribution in [2.24, 2.45) is 5.92 Å². The van der Waals surface area contributed by atoms with Crippen molar-refractivity contribution < 1.29 is 9.53 Å². The molecule has 5 heteroatoms. The van der Waals surface area contributed by atoms with Gasteiger partial charge in [0.05, 0.1) is 7.11 Å². The van der Waals surface area contributed by atoms with E-state index in [4.69, 9.17) is 4.74 Å². The number of carbonyl (C=O) groups is 1. The number of hydrogen-bond acceptors (Lipinski definition) is 3. The first-order valence-corrected chi connectivity index (χ1v) is 6.72. The van der Waals surface area contributed by atoms with Crippen LogP contribution in [0.15, 0.2) is 22.7 Å². The summed E-state index contributed by atoms with van der Waals surface area (Å²) in [4.78, 5) is 11.9. The maximum absolute atomic E-state index is 11.9. The molecule has 1 aromatic carbocycles. The Labute approximate surface area is 116 Å². The van der Waals surface area contributed by atoms with E-state index in [-0.39, 0.29) is 11.8 Å². The molecule has 0 aliphatic heterocycles. The zero-order valence-corrected chi connectivity index (χ0v) is 12.5. The Morgan fingerprint density at radius 1 is 1.44 bits per heavy atom. The van der Waals surface area contributed by atoms with Crippen LogP contribution in [0.1, 0.15) is 13.8 Å². The van der Waals surface area contributed by atoms with Gasteiger partial charge in [-0.3, -0.25) is 4.79 Å². The van der Waals surface area contributed by atoms with Crippen LogP contribution < -0.4 is 15.4 Å². The minimum absolute atomic E-state index is 0.00361. The number of hydrogen-bond donors (Lipinski definition) is 2. The molecule has 0 aromatic heterocycles. The normalized spacial score (nSPS) is 12.0. The third-order valence-electron chi connectivity index (χ3n) is 2.52. The van der Waals surface area contributed by atoms with Gasteiger partial charge in [0.25, 0.3) is 0 Å². The van der Waals surface area contributed by atoms with Crippen LogP contribution in [-0.4, -0.2) is 26.1 Å². The van der Waals surface area contributed by atoms with E-state index in [1.165, 1.54) is 0 Å². The highest BCUT2D eigenvalue weighted by Gasteiger charge is 2.12. The molecule has 0 saturated heterocycles. The lowest BCUT2D eigenvalue weighted by Crippen LogP contribution is -2.30. The summed E-state index contributed by atoms with van der Waals surface area (Å²) < 4.78 is 6.02. The number of rotatable bonds is 6. The molecule has 0 heterocycles. The number of carbonyl (C=O) groups excluding carboxylic acids is 1.